The summed E-state index contributed by atoms with van der Waals surface area (Å²) in [5, 5.41) is 13.8. The highest BCUT2D eigenvalue weighted by atomic mass is 16.6. The minimum absolute atomic E-state index is 0.113. The molecule has 0 saturated carbocycles. The van der Waals surface area contributed by atoms with Crippen LogP contribution in [-0.4, -0.2) is 27.1 Å². The van der Waals surface area contributed by atoms with Gasteiger partial charge in [0, 0.05) is 12.6 Å². The highest BCUT2D eigenvalue weighted by Gasteiger charge is 2.23. The molecule has 0 bridgehead atoms. The zero-order valence-corrected chi connectivity index (χ0v) is 10.1. The summed E-state index contributed by atoms with van der Waals surface area (Å²) in [4.78, 5) is 13.8. The van der Waals surface area contributed by atoms with Gasteiger partial charge in [-0.1, -0.05) is 13.8 Å². The summed E-state index contributed by atoms with van der Waals surface area (Å²) in [6.07, 6.45) is 2.96. The van der Waals surface area contributed by atoms with Crippen molar-refractivity contribution in [3.8, 4) is 0 Å². The molecule has 0 aliphatic carbocycles. The largest absolute Gasteiger partial charge is 0.381 e. The number of nitrogens with one attached hydrogen (secondary N) is 1. The Labute approximate surface area is 94.8 Å². The monoisotopic (exact) mass is 226 g/mol. The molecule has 0 saturated heterocycles. The van der Waals surface area contributed by atoms with Crippen LogP contribution in [0.15, 0.2) is 12.5 Å². The number of nitro groups is 1. The third-order valence-electron chi connectivity index (χ3n) is 2.40. The fraction of sp³-hybridized carbons (Fsp3) is 0.700. The summed E-state index contributed by atoms with van der Waals surface area (Å²) in [7, 11) is 0. The normalized spacial score (nSPS) is 12.1. The van der Waals surface area contributed by atoms with E-state index in [0.717, 1.165) is 6.54 Å². The number of imidazole rings is 1. The van der Waals surface area contributed by atoms with E-state index < -0.39 is 4.92 Å². The van der Waals surface area contributed by atoms with E-state index in [-0.39, 0.29) is 11.4 Å². The molecule has 0 unspecified atom stereocenters. The van der Waals surface area contributed by atoms with Gasteiger partial charge < -0.3 is 20.0 Å². The number of rotatable bonds is 5. The molecule has 0 aliphatic rings. The van der Waals surface area contributed by atoms with Gasteiger partial charge in [-0.15, -0.1) is 0 Å². The van der Waals surface area contributed by atoms with Crippen LogP contribution in [0, 0.1) is 10.1 Å². The summed E-state index contributed by atoms with van der Waals surface area (Å²) in [6, 6.07) is 0.387. The average Bonchev–Trinajstić information content (AvgIpc) is 2.64. The highest BCUT2D eigenvalue weighted by Crippen LogP contribution is 2.17. The van der Waals surface area contributed by atoms with E-state index in [1.54, 1.807) is 4.57 Å². The molecule has 1 aromatic rings. The van der Waals surface area contributed by atoms with Crippen molar-refractivity contribution in [1.29, 1.82) is 0 Å². The summed E-state index contributed by atoms with van der Waals surface area (Å²) >= 11 is 0. The molecule has 16 heavy (non-hydrogen) atoms. The van der Waals surface area contributed by atoms with E-state index in [2.05, 4.69) is 24.1 Å². The fourth-order valence-electron chi connectivity index (χ4n) is 1.28. The standard InChI is InChI=1S/C10H18N4O2/c1-8(2)11-6-10(3,4)13-5-9(12-7-13)14(15)16/h5,7-8,11H,6H2,1-4H3. The molecule has 90 valence electrons. The Balaban J connectivity index is 2.77. The van der Waals surface area contributed by atoms with Crippen LogP contribution < -0.4 is 5.32 Å². The number of nitrogens with zero attached hydrogens (tertiary/aromatic N) is 3. The zero-order valence-electron chi connectivity index (χ0n) is 10.1. The van der Waals surface area contributed by atoms with Crippen molar-refractivity contribution in [3.05, 3.63) is 22.6 Å². The molecule has 1 N–H and O–H groups in total. The van der Waals surface area contributed by atoms with Crippen LogP contribution in [0.1, 0.15) is 27.7 Å². The van der Waals surface area contributed by atoms with Crippen molar-refractivity contribution in [1.82, 2.24) is 14.9 Å². The molecule has 0 radical (unpaired) electrons. The van der Waals surface area contributed by atoms with Crippen molar-refractivity contribution in [2.45, 2.75) is 39.3 Å². The molecule has 6 heteroatoms. The zero-order chi connectivity index (χ0) is 12.3. The van der Waals surface area contributed by atoms with Crippen LogP contribution in [0.4, 0.5) is 5.82 Å². The molecule has 0 amide bonds. The van der Waals surface area contributed by atoms with Gasteiger partial charge in [0.15, 0.2) is 0 Å². The highest BCUT2D eigenvalue weighted by molar-refractivity contribution is 5.14. The third-order valence-corrected chi connectivity index (χ3v) is 2.40. The Bertz CT molecular complexity index is 371. The van der Waals surface area contributed by atoms with Crippen molar-refractivity contribution in [3.63, 3.8) is 0 Å². The topological polar surface area (TPSA) is 73.0 Å². The van der Waals surface area contributed by atoms with Gasteiger partial charge in [0.25, 0.3) is 0 Å². The maximum Gasteiger partial charge on any atom is 0.381 e. The van der Waals surface area contributed by atoms with Gasteiger partial charge in [-0.25, -0.2) is 0 Å². The molecule has 0 spiro atoms. The molecule has 0 fully saturated rings. The van der Waals surface area contributed by atoms with E-state index in [0.29, 0.717) is 6.04 Å². The summed E-state index contributed by atoms with van der Waals surface area (Å²) < 4.78 is 1.76. The number of aromatic nitrogens is 2. The first-order chi connectivity index (χ1) is 7.33. The average molecular weight is 226 g/mol. The van der Waals surface area contributed by atoms with Crippen LogP contribution in [0.25, 0.3) is 0 Å². The lowest BCUT2D eigenvalue weighted by Crippen LogP contribution is -2.40. The summed E-state index contributed by atoms with van der Waals surface area (Å²) in [5.74, 6) is -0.113. The second-order valence-electron chi connectivity index (χ2n) is 4.74. The van der Waals surface area contributed by atoms with Crippen LogP contribution >= 0.6 is 0 Å². The van der Waals surface area contributed by atoms with Gasteiger partial charge in [-0.05, 0) is 23.8 Å². The van der Waals surface area contributed by atoms with Crippen LogP contribution in [0.3, 0.4) is 0 Å². The molecule has 1 aromatic heterocycles. The van der Waals surface area contributed by atoms with Gasteiger partial charge in [-0.3, -0.25) is 0 Å². The van der Waals surface area contributed by atoms with E-state index in [1.807, 2.05) is 13.8 Å². The molecular formula is C10H18N4O2. The van der Waals surface area contributed by atoms with E-state index in [9.17, 15) is 10.1 Å². The predicted octanol–water partition coefficient (Wildman–Crippen LogP) is 1.52. The Morgan fingerprint density at radius 1 is 1.62 bits per heavy atom. The quantitative estimate of drug-likeness (QED) is 0.610. The summed E-state index contributed by atoms with van der Waals surface area (Å²) in [6.45, 7) is 8.87. The third kappa shape index (κ3) is 3.03. The Morgan fingerprint density at radius 2 is 2.25 bits per heavy atom. The lowest BCUT2D eigenvalue weighted by Gasteiger charge is -2.26. The minimum atomic E-state index is -0.484. The van der Waals surface area contributed by atoms with Crippen molar-refractivity contribution >= 4 is 5.82 Å². The SMILES string of the molecule is CC(C)NCC(C)(C)n1cnc([N+](=O)[O-])c1. The van der Waals surface area contributed by atoms with Crippen LogP contribution in [-0.2, 0) is 5.54 Å². The first-order valence-corrected chi connectivity index (χ1v) is 5.25. The predicted molar refractivity (Wildman–Crippen MR) is 61.3 cm³/mol. The van der Waals surface area contributed by atoms with Gasteiger partial charge >= 0.3 is 5.82 Å². The lowest BCUT2D eigenvalue weighted by molar-refractivity contribution is -0.389. The van der Waals surface area contributed by atoms with E-state index in [1.165, 1.54) is 12.5 Å². The fourth-order valence-corrected chi connectivity index (χ4v) is 1.28. The van der Waals surface area contributed by atoms with Crippen molar-refractivity contribution < 1.29 is 4.92 Å². The van der Waals surface area contributed by atoms with Crippen LogP contribution in [0.5, 0.6) is 0 Å². The second kappa shape index (κ2) is 4.61. The van der Waals surface area contributed by atoms with Gasteiger partial charge in [-0.2, -0.15) is 0 Å². The molecule has 6 nitrogen and oxygen atoms in total. The Morgan fingerprint density at radius 3 is 2.69 bits per heavy atom. The summed E-state index contributed by atoms with van der Waals surface area (Å²) in [5.41, 5.74) is -0.231. The van der Waals surface area contributed by atoms with E-state index in [4.69, 9.17) is 0 Å². The molecule has 0 atom stereocenters. The minimum Gasteiger partial charge on any atom is -0.358 e. The smallest absolute Gasteiger partial charge is 0.358 e. The van der Waals surface area contributed by atoms with Gasteiger partial charge in [0.2, 0.25) is 6.33 Å². The van der Waals surface area contributed by atoms with Gasteiger partial charge in [0.1, 0.15) is 6.20 Å². The molecule has 1 heterocycles. The molecule has 1 rings (SSSR count). The first-order valence-electron chi connectivity index (χ1n) is 5.25. The lowest BCUT2D eigenvalue weighted by atomic mass is 10.1. The Kier molecular flexibility index (Phi) is 3.64. The maximum absolute atomic E-state index is 10.5. The van der Waals surface area contributed by atoms with Crippen molar-refractivity contribution in [2.75, 3.05) is 6.54 Å². The number of hydrogen-bond donors (Lipinski definition) is 1. The second-order valence-corrected chi connectivity index (χ2v) is 4.74. The molecule has 0 aliphatic heterocycles. The first kappa shape index (κ1) is 12.6. The van der Waals surface area contributed by atoms with Gasteiger partial charge in [0.05, 0.1) is 5.54 Å². The number of hydrogen-bond acceptors (Lipinski definition) is 4. The van der Waals surface area contributed by atoms with Crippen molar-refractivity contribution in [2.24, 2.45) is 0 Å². The molecular weight excluding hydrogens is 208 g/mol. The maximum atomic E-state index is 10.5. The van der Waals surface area contributed by atoms with E-state index >= 15 is 0 Å². The Hall–Kier alpha value is -1.43. The van der Waals surface area contributed by atoms with Crippen LogP contribution in [0.2, 0.25) is 0 Å². The molecule has 0 aromatic carbocycles.